The number of halogens is 1. The lowest BCUT2D eigenvalue weighted by atomic mass is 9.98. The Labute approximate surface area is 136 Å². The van der Waals surface area contributed by atoms with Crippen LogP contribution in [0.1, 0.15) is 18.4 Å². The molecule has 0 aliphatic carbocycles. The van der Waals surface area contributed by atoms with Gasteiger partial charge in [-0.25, -0.2) is 4.98 Å². The number of aromatic nitrogens is 2. The van der Waals surface area contributed by atoms with Crippen LogP contribution in [0, 0.1) is 5.92 Å². The SMILES string of the molecule is Clc1ccc(CN2CCCC(COc3cnccn3)C2)cc1. The maximum absolute atomic E-state index is 5.94. The van der Waals surface area contributed by atoms with E-state index in [1.807, 2.05) is 12.1 Å². The van der Waals surface area contributed by atoms with Gasteiger partial charge in [-0.2, -0.15) is 0 Å². The highest BCUT2D eigenvalue weighted by atomic mass is 35.5. The molecule has 0 spiro atoms. The molecule has 1 aromatic heterocycles. The first-order valence-corrected chi connectivity index (χ1v) is 8.03. The Hall–Kier alpha value is -1.65. The number of hydrogen-bond acceptors (Lipinski definition) is 4. The topological polar surface area (TPSA) is 38.2 Å². The summed E-state index contributed by atoms with van der Waals surface area (Å²) < 4.78 is 5.74. The number of nitrogens with zero attached hydrogens (tertiary/aromatic N) is 3. The molecule has 0 bridgehead atoms. The monoisotopic (exact) mass is 317 g/mol. The molecule has 0 radical (unpaired) electrons. The van der Waals surface area contributed by atoms with Crippen LogP contribution in [0.3, 0.4) is 0 Å². The van der Waals surface area contributed by atoms with Crippen molar-refractivity contribution in [3.63, 3.8) is 0 Å². The molecule has 5 heteroatoms. The highest BCUT2D eigenvalue weighted by molar-refractivity contribution is 6.30. The molecule has 3 rings (SSSR count). The summed E-state index contributed by atoms with van der Waals surface area (Å²) in [5, 5.41) is 0.789. The van der Waals surface area contributed by atoms with Crippen molar-refractivity contribution in [2.24, 2.45) is 5.92 Å². The maximum Gasteiger partial charge on any atom is 0.232 e. The largest absolute Gasteiger partial charge is 0.476 e. The second-order valence-electron chi connectivity index (χ2n) is 5.72. The predicted octanol–water partition coefficient (Wildman–Crippen LogP) is 3.42. The van der Waals surface area contributed by atoms with Crippen LogP contribution < -0.4 is 4.74 Å². The van der Waals surface area contributed by atoms with E-state index in [0.29, 0.717) is 18.4 Å². The van der Waals surface area contributed by atoms with E-state index in [2.05, 4.69) is 27.0 Å². The average Bonchev–Trinajstić information content (AvgIpc) is 2.57. The summed E-state index contributed by atoms with van der Waals surface area (Å²) in [4.78, 5) is 10.6. The molecular weight excluding hydrogens is 298 g/mol. The van der Waals surface area contributed by atoms with E-state index >= 15 is 0 Å². The number of benzene rings is 1. The van der Waals surface area contributed by atoms with Gasteiger partial charge in [0.25, 0.3) is 0 Å². The van der Waals surface area contributed by atoms with Crippen molar-refractivity contribution in [1.29, 1.82) is 0 Å². The third kappa shape index (κ3) is 4.42. The highest BCUT2D eigenvalue weighted by Gasteiger charge is 2.20. The summed E-state index contributed by atoms with van der Waals surface area (Å²) in [7, 11) is 0. The normalized spacial score (nSPS) is 19.0. The lowest BCUT2D eigenvalue weighted by molar-refractivity contribution is 0.123. The van der Waals surface area contributed by atoms with E-state index in [1.165, 1.54) is 18.4 Å². The quantitative estimate of drug-likeness (QED) is 0.847. The summed E-state index contributed by atoms with van der Waals surface area (Å²) in [6, 6.07) is 8.11. The first kappa shape index (κ1) is 15.3. The van der Waals surface area contributed by atoms with Gasteiger partial charge in [-0.15, -0.1) is 0 Å². The Morgan fingerprint density at radius 2 is 2.09 bits per heavy atom. The van der Waals surface area contributed by atoms with Crippen LogP contribution in [0.4, 0.5) is 0 Å². The van der Waals surface area contributed by atoms with Crippen molar-refractivity contribution in [1.82, 2.24) is 14.9 Å². The van der Waals surface area contributed by atoms with Gasteiger partial charge < -0.3 is 4.74 Å². The first-order chi connectivity index (χ1) is 10.8. The van der Waals surface area contributed by atoms with Gasteiger partial charge in [0.15, 0.2) is 0 Å². The molecule has 116 valence electrons. The van der Waals surface area contributed by atoms with Crippen molar-refractivity contribution < 1.29 is 4.74 Å². The number of rotatable bonds is 5. The van der Waals surface area contributed by atoms with E-state index in [0.717, 1.165) is 24.7 Å². The lowest BCUT2D eigenvalue weighted by Gasteiger charge is -2.32. The van der Waals surface area contributed by atoms with Crippen LogP contribution in [-0.4, -0.2) is 34.6 Å². The fourth-order valence-electron chi connectivity index (χ4n) is 2.84. The molecule has 1 aliphatic heterocycles. The van der Waals surface area contributed by atoms with Gasteiger partial charge in [0.2, 0.25) is 5.88 Å². The van der Waals surface area contributed by atoms with E-state index < -0.39 is 0 Å². The summed E-state index contributed by atoms with van der Waals surface area (Å²) in [6.45, 7) is 3.88. The molecule has 1 aliphatic rings. The van der Waals surface area contributed by atoms with Crippen molar-refractivity contribution in [3.05, 3.63) is 53.4 Å². The molecule has 1 aromatic carbocycles. The maximum atomic E-state index is 5.94. The van der Waals surface area contributed by atoms with Crippen LogP contribution in [0.5, 0.6) is 5.88 Å². The Bertz CT molecular complexity index is 576. The van der Waals surface area contributed by atoms with E-state index in [9.17, 15) is 0 Å². The summed E-state index contributed by atoms with van der Waals surface area (Å²) in [6.07, 6.45) is 7.39. The zero-order valence-electron chi connectivity index (χ0n) is 12.5. The number of likely N-dealkylation sites (tertiary alicyclic amines) is 1. The van der Waals surface area contributed by atoms with Crippen LogP contribution in [0.2, 0.25) is 5.02 Å². The fourth-order valence-corrected chi connectivity index (χ4v) is 2.97. The summed E-state index contributed by atoms with van der Waals surface area (Å²) in [5.74, 6) is 1.15. The van der Waals surface area contributed by atoms with Gasteiger partial charge in [0, 0.05) is 36.4 Å². The van der Waals surface area contributed by atoms with Crippen LogP contribution in [0.15, 0.2) is 42.9 Å². The lowest BCUT2D eigenvalue weighted by Crippen LogP contribution is -2.37. The number of piperidine rings is 1. The minimum atomic E-state index is 0.544. The molecule has 1 saturated heterocycles. The third-order valence-electron chi connectivity index (χ3n) is 3.93. The minimum Gasteiger partial charge on any atom is -0.476 e. The van der Waals surface area contributed by atoms with Gasteiger partial charge >= 0.3 is 0 Å². The predicted molar refractivity (Wildman–Crippen MR) is 87.0 cm³/mol. The van der Waals surface area contributed by atoms with Crippen LogP contribution in [0.25, 0.3) is 0 Å². The molecule has 4 nitrogen and oxygen atoms in total. The summed E-state index contributed by atoms with van der Waals surface area (Å²) in [5.41, 5.74) is 1.31. The molecule has 22 heavy (non-hydrogen) atoms. The smallest absolute Gasteiger partial charge is 0.232 e. The van der Waals surface area contributed by atoms with Gasteiger partial charge in [-0.1, -0.05) is 23.7 Å². The number of ether oxygens (including phenoxy) is 1. The first-order valence-electron chi connectivity index (χ1n) is 7.65. The van der Waals surface area contributed by atoms with Crippen LogP contribution in [-0.2, 0) is 6.54 Å². The van der Waals surface area contributed by atoms with Gasteiger partial charge in [0.05, 0.1) is 12.8 Å². The van der Waals surface area contributed by atoms with Crippen LogP contribution >= 0.6 is 11.6 Å². The van der Waals surface area contributed by atoms with Crippen molar-refractivity contribution >= 4 is 11.6 Å². The van der Waals surface area contributed by atoms with Crippen molar-refractivity contribution in [2.45, 2.75) is 19.4 Å². The molecule has 1 unspecified atom stereocenters. The Morgan fingerprint density at radius 1 is 1.23 bits per heavy atom. The average molecular weight is 318 g/mol. The molecule has 2 heterocycles. The Balaban J connectivity index is 1.49. The second kappa shape index (κ2) is 7.56. The van der Waals surface area contributed by atoms with E-state index in [1.54, 1.807) is 18.6 Å². The Morgan fingerprint density at radius 3 is 2.86 bits per heavy atom. The van der Waals surface area contributed by atoms with E-state index in [-0.39, 0.29) is 0 Å². The molecule has 0 amide bonds. The molecule has 1 atom stereocenters. The van der Waals surface area contributed by atoms with E-state index in [4.69, 9.17) is 16.3 Å². The highest BCUT2D eigenvalue weighted by Crippen LogP contribution is 2.20. The molecule has 1 fully saturated rings. The molecular formula is C17H20ClN3O. The number of hydrogen-bond donors (Lipinski definition) is 0. The van der Waals surface area contributed by atoms with Gasteiger partial charge in [-0.05, 0) is 37.1 Å². The fraction of sp³-hybridized carbons (Fsp3) is 0.412. The molecule has 0 saturated carbocycles. The van der Waals surface area contributed by atoms with Gasteiger partial charge in [-0.3, -0.25) is 9.88 Å². The Kier molecular flexibility index (Phi) is 5.24. The second-order valence-corrected chi connectivity index (χ2v) is 6.16. The molecule has 0 N–H and O–H groups in total. The third-order valence-corrected chi connectivity index (χ3v) is 4.18. The zero-order chi connectivity index (χ0) is 15.2. The standard InChI is InChI=1S/C17H20ClN3O/c18-16-5-3-14(4-6-16)11-21-9-1-2-15(12-21)13-22-17-10-19-7-8-20-17/h3-8,10,15H,1-2,9,11-13H2. The van der Waals surface area contributed by atoms with Gasteiger partial charge in [0.1, 0.15) is 0 Å². The van der Waals surface area contributed by atoms with Crippen molar-refractivity contribution in [3.8, 4) is 5.88 Å². The summed E-state index contributed by atoms with van der Waals surface area (Å²) >= 11 is 5.94. The van der Waals surface area contributed by atoms with Crippen molar-refractivity contribution in [2.75, 3.05) is 19.7 Å². The zero-order valence-corrected chi connectivity index (χ0v) is 13.2. The minimum absolute atomic E-state index is 0.544. The molecule has 2 aromatic rings.